The van der Waals surface area contributed by atoms with Crippen LogP contribution in [0.1, 0.15) is 19.4 Å². The molecule has 0 unspecified atom stereocenters. The molecule has 1 heterocycles. The van der Waals surface area contributed by atoms with Crippen LogP contribution in [0.3, 0.4) is 0 Å². The lowest BCUT2D eigenvalue weighted by molar-refractivity contribution is 0.223. The maximum absolute atomic E-state index is 5.79. The first-order valence-electron chi connectivity index (χ1n) is 7.93. The van der Waals surface area contributed by atoms with E-state index >= 15 is 0 Å². The zero-order valence-electron chi connectivity index (χ0n) is 14.0. The molecule has 1 aromatic carbocycles. The number of benzene rings is 1. The summed E-state index contributed by atoms with van der Waals surface area (Å²) >= 11 is 0. The van der Waals surface area contributed by atoms with Gasteiger partial charge in [-0.1, -0.05) is 13.8 Å². The molecule has 6 heteroatoms. The molecule has 0 amide bonds. The lowest BCUT2D eigenvalue weighted by atomic mass is 10.3. The van der Waals surface area contributed by atoms with Gasteiger partial charge < -0.3 is 20.7 Å². The number of nitrogens with two attached hydrogens (primary N) is 1. The Labute approximate surface area is 137 Å². The Balaban J connectivity index is 1.87. The number of rotatable bonds is 8. The first kappa shape index (κ1) is 17.0. The van der Waals surface area contributed by atoms with E-state index in [1.54, 1.807) is 6.20 Å². The van der Waals surface area contributed by atoms with Gasteiger partial charge in [0, 0.05) is 24.0 Å². The molecule has 0 bridgehead atoms. The number of nitrogens with zero attached hydrogens (tertiary/aromatic N) is 3. The first-order valence-corrected chi connectivity index (χ1v) is 7.93. The van der Waals surface area contributed by atoms with Gasteiger partial charge in [0.15, 0.2) is 0 Å². The molecule has 3 N–H and O–H groups in total. The lowest BCUT2D eigenvalue weighted by Crippen LogP contribution is -2.27. The van der Waals surface area contributed by atoms with Gasteiger partial charge >= 0.3 is 0 Å². The summed E-state index contributed by atoms with van der Waals surface area (Å²) in [5, 5.41) is 3.13. The molecule has 0 aliphatic heterocycles. The zero-order valence-corrected chi connectivity index (χ0v) is 14.0. The number of aromatic nitrogens is 2. The highest BCUT2D eigenvalue weighted by molar-refractivity contribution is 5.56. The minimum atomic E-state index is 0.485. The van der Waals surface area contributed by atoms with E-state index in [-0.39, 0.29) is 0 Å². The summed E-state index contributed by atoms with van der Waals surface area (Å²) in [7, 11) is 0. The second kappa shape index (κ2) is 8.33. The Bertz CT molecular complexity index is 611. The molecule has 124 valence electrons. The molecule has 0 fully saturated rings. The number of hydrogen-bond donors (Lipinski definition) is 2. The molecule has 0 saturated carbocycles. The number of anilines is 3. The van der Waals surface area contributed by atoms with Crippen molar-refractivity contribution in [1.29, 1.82) is 0 Å². The van der Waals surface area contributed by atoms with Crippen LogP contribution >= 0.6 is 0 Å². The first-order chi connectivity index (χ1) is 11.1. The Morgan fingerprint density at radius 1 is 1.17 bits per heavy atom. The maximum Gasteiger partial charge on any atom is 0.229 e. The molecule has 0 spiro atoms. The quantitative estimate of drug-likeness (QED) is 0.780. The lowest BCUT2D eigenvalue weighted by Gasteiger charge is -2.18. The van der Waals surface area contributed by atoms with Gasteiger partial charge in [0.25, 0.3) is 0 Å². The molecule has 0 aliphatic rings. The molecular formula is C17H25N5O. The Hall–Kier alpha value is -2.34. The highest BCUT2D eigenvalue weighted by atomic mass is 16.5. The highest BCUT2D eigenvalue weighted by Gasteiger charge is 2.03. The van der Waals surface area contributed by atoms with Crippen LogP contribution in [0.15, 0.2) is 30.5 Å². The zero-order chi connectivity index (χ0) is 16.7. The summed E-state index contributed by atoms with van der Waals surface area (Å²) < 4.78 is 5.76. The molecule has 1 aromatic heterocycles. The van der Waals surface area contributed by atoms with Gasteiger partial charge in [-0.15, -0.1) is 0 Å². The summed E-state index contributed by atoms with van der Waals surface area (Å²) in [6.07, 6.45) is 1.70. The van der Waals surface area contributed by atoms with Crippen LogP contribution in [0.2, 0.25) is 0 Å². The monoisotopic (exact) mass is 315 g/mol. The van der Waals surface area contributed by atoms with Gasteiger partial charge in [-0.05, 0) is 44.3 Å². The largest absolute Gasteiger partial charge is 0.492 e. The van der Waals surface area contributed by atoms with E-state index in [1.165, 1.54) is 0 Å². The fraction of sp³-hybridized carbons (Fsp3) is 0.412. The third-order valence-corrected chi connectivity index (χ3v) is 3.69. The van der Waals surface area contributed by atoms with Crippen molar-refractivity contribution in [1.82, 2.24) is 14.9 Å². The van der Waals surface area contributed by atoms with Crippen LogP contribution in [0.5, 0.6) is 5.75 Å². The van der Waals surface area contributed by atoms with E-state index in [2.05, 4.69) is 34.0 Å². The number of ether oxygens (including phenoxy) is 1. The summed E-state index contributed by atoms with van der Waals surface area (Å²) in [4.78, 5) is 10.7. The SMILES string of the molecule is CCN(CC)CCOc1ccc(Nc2ncc(C)c(N)n2)cc1. The second-order valence-corrected chi connectivity index (χ2v) is 5.29. The number of hydrogen-bond acceptors (Lipinski definition) is 6. The maximum atomic E-state index is 5.79. The van der Waals surface area contributed by atoms with Gasteiger partial charge in [-0.25, -0.2) is 4.98 Å². The normalized spacial score (nSPS) is 10.8. The molecule has 0 aliphatic carbocycles. The third kappa shape index (κ3) is 5.10. The van der Waals surface area contributed by atoms with Gasteiger partial charge in [0.1, 0.15) is 18.2 Å². The fourth-order valence-corrected chi connectivity index (χ4v) is 2.11. The molecule has 6 nitrogen and oxygen atoms in total. The van der Waals surface area contributed by atoms with E-state index < -0.39 is 0 Å². The van der Waals surface area contributed by atoms with Crippen LogP contribution in [-0.2, 0) is 0 Å². The molecule has 2 rings (SSSR count). The number of nitrogens with one attached hydrogen (secondary N) is 1. The average molecular weight is 315 g/mol. The van der Waals surface area contributed by atoms with Crippen molar-refractivity contribution in [3.63, 3.8) is 0 Å². The molecule has 0 radical (unpaired) electrons. The van der Waals surface area contributed by atoms with Crippen molar-refractivity contribution in [2.24, 2.45) is 0 Å². The van der Waals surface area contributed by atoms with E-state index in [0.29, 0.717) is 18.4 Å². The predicted octanol–water partition coefficient (Wildman–Crippen LogP) is 2.83. The van der Waals surface area contributed by atoms with E-state index in [9.17, 15) is 0 Å². The Morgan fingerprint density at radius 2 is 1.87 bits per heavy atom. The van der Waals surface area contributed by atoms with Crippen molar-refractivity contribution < 1.29 is 4.74 Å². The fourth-order valence-electron chi connectivity index (χ4n) is 2.11. The van der Waals surface area contributed by atoms with Gasteiger partial charge in [0.2, 0.25) is 5.95 Å². The van der Waals surface area contributed by atoms with E-state index in [0.717, 1.165) is 36.6 Å². The van der Waals surface area contributed by atoms with Crippen LogP contribution < -0.4 is 15.8 Å². The number of nitrogen functional groups attached to an aromatic ring is 1. The summed E-state index contributed by atoms with van der Waals surface area (Å²) in [6.45, 7) is 9.90. The minimum Gasteiger partial charge on any atom is -0.492 e. The smallest absolute Gasteiger partial charge is 0.229 e. The van der Waals surface area contributed by atoms with E-state index in [1.807, 2.05) is 31.2 Å². The molecule has 23 heavy (non-hydrogen) atoms. The number of aryl methyl sites for hydroxylation is 1. The van der Waals surface area contributed by atoms with Crippen molar-refractivity contribution in [2.75, 3.05) is 37.3 Å². The Morgan fingerprint density at radius 3 is 2.48 bits per heavy atom. The van der Waals surface area contributed by atoms with E-state index in [4.69, 9.17) is 10.5 Å². The second-order valence-electron chi connectivity index (χ2n) is 5.29. The van der Waals surface area contributed by atoms with Gasteiger partial charge in [0.05, 0.1) is 0 Å². The molecule has 2 aromatic rings. The summed E-state index contributed by atoms with van der Waals surface area (Å²) in [6, 6.07) is 7.74. The minimum absolute atomic E-state index is 0.485. The number of likely N-dealkylation sites (N-methyl/N-ethyl adjacent to an activating group) is 1. The summed E-state index contributed by atoms with van der Waals surface area (Å²) in [5.74, 6) is 1.83. The molecular weight excluding hydrogens is 290 g/mol. The topological polar surface area (TPSA) is 76.3 Å². The average Bonchev–Trinajstić information content (AvgIpc) is 2.56. The third-order valence-electron chi connectivity index (χ3n) is 3.69. The van der Waals surface area contributed by atoms with Crippen LogP contribution in [0, 0.1) is 6.92 Å². The van der Waals surface area contributed by atoms with Crippen molar-refractivity contribution >= 4 is 17.5 Å². The summed E-state index contributed by atoms with van der Waals surface area (Å²) in [5.41, 5.74) is 7.55. The molecule has 0 atom stereocenters. The van der Waals surface area contributed by atoms with Gasteiger partial charge in [-0.3, -0.25) is 0 Å². The van der Waals surface area contributed by atoms with Crippen molar-refractivity contribution in [2.45, 2.75) is 20.8 Å². The predicted molar refractivity (Wildman–Crippen MR) is 94.2 cm³/mol. The van der Waals surface area contributed by atoms with Crippen LogP contribution in [0.4, 0.5) is 17.5 Å². The Kier molecular flexibility index (Phi) is 6.17. The van der Waals surface area contributed by atoms with Crippen LogP contribution in [-0.4, -0.2) is 41.1 Å². The van der Waals surface area contributed by atoms with Crippen molar-refractivity contribution in [3.05, 3.63) is 36.0 Å². The highest BCUT2D eigenvalue weighted by Crippen LogP contribution is 2.19. The van der Waals surface area contributed by atoms with Crippen molar-refractivity contribution in [3.8, 4) is 5.75 Å². The van der Waals surface area contributed by atoms with Gasteiger partial charge in [-0.2, -0.15) is 4.98 Å². The van der Waals surface area contributed by atoms with Crippen LogP contribution in [0.25, 0.3) is 0 Å². The molecule has 0 saturated heterocycles. The standard InChI is InChI=1S/C17H25N5O/c1-4-22(5-2)10-11-23-15-8-6-14(7-9-15)20-17-19-12-13(3)16(18)21-17/h6-9,12H,4-5,10-11H2,1-3H3,(H3,18,19,20,21).